The van der Waals surface area contributed by atoms with E-state index in [0.717, 1.165) is 24.8 Å². The van der Waals surface area contributed by atoms with E-state index in [1.165, 1.54) is 6.07 Å². The fraction of sp³-hybridized carbons (Fsp3) is 0.462. The number of aryl methyl sites for hydroxylation is 1. The van der Waals surface area contributed by atoms with E-state index in [-0.39, 0.29) is 23.8 Å². The number of carbonyl (C=O) groups is 1. The molecule has 0 saturated heterocycles. The van der Waals surface area contributed by atoms with Gasteiger partial charge in [0.1, 0.15) is 5.75 Å². The number of phenolic OH excluding ortho intramolecular Hbond substituents is 1. The molecule has 1 aromatic rings. The summed E-state index contributed by atoms with van der Waals surface area (Å²) in [5.41, 5.74) is 0.706. The number of aromatic hydroxyl groups is 1. The molecular weight excluding hydrogens is 218 g/mol. The highest BCUT2D eigenvalue weighted by molar-refractivity contribution is 5.97. The molecule has 1 aromatic carbocycles. The van der Waals surface area contributed by atoms with Crippen molar-refractivity contribution in [3.63, 3.8) is 0 Å². The molecule has 4 nitrogen and oxygen atoms in total. The predicted octanol–water partition coefficient (Wildman–Crippen LogP) is 1.35. The van der Waals surface area contributed by atoms with Crippen LogP contribution >= 0.6 is 0 Å². The average Bonchev–Trinajstić information content (AvgIpc) is 2.26. The van der Waals surface area contributed by atoms with E-state index < -0.39 is 5.54 Å². The minimum atomic E-state index is -0.479. The van der Waals surface area contributed by atoms with Gasteiger partial charge in [0.25, 0.3) is 5.91 Å². The van der Waals surface area contributed by atoms with Crippen LogP contribution in [0.15, 0.2) is 18.2 Å². The van der Waals surface area contributed by atoms with Crippen LogP contribution in [-0.2, 0) is 0 Å². The molecule has 0 aromatic heterocycles. The van der Waals surface area contributed by atoms with E-state index >= 15 is 0 Å². The smallest absolute Gasteiger partial charge is 0.255 e. The van der Waals surface area contributed by atoms with Crippen molar-refractivity contribution >= 4 is 5.91 Å². The Balaban J connectivity index is 2.17. The number of hydrogen-bond donors (Lipinski definition) is 3. The largest absolute Gasteiger partial charge is 0.507 e. The number of nitrogens with one attached hydrogen (secondary N) is 1. The van der Waals surface area contributed by atoms with Crippen LogP contribution in [0.4, 0.5) is 0 Å². The van der Waals surface area contributed by atoms with Gasteiger partial charge in [-0.3, -0.25) is 4.79 Å². The van der Waals surface area contributed by atoms with Gasteiger partial charge in [0.15, 0.2) is 0 Å². The van der Waals surface area contributed by atoms with Crippen molar-refractivity contribution in [2.24, 2.45) is 0 Å². The summed E-state index contributed by atoms with van der Waals surface area (Å²) in [6.45, 7) is 1.81. The van der Waals surface area contributed by atoms with Gasteiger partial charge in [-0.1, -0.05) is 11.6 Å². The first-order valence-corrected chi connectivity index (χ1v) is 5.79. The molecule has 1 aliphatic rings. The molecule has 0 spiro atoms. The molecular formula is C13H17NO3. The van der Waals surface area contributed by atoms with E-state index in [4.69, 9.17) is 0 Å². The molecule has 3 N–H and O–H groups in total. The summed E-state index contributed by atoms with van der Waals surface area (Å²) in [5, 5.41) is 21.7. The normalized spacial score (nSPS) is 17.3. The topological polar surface area (TPSA) is 69.6 Å². The number of aliphatic hydroxyl groups excluding tert-OH is 1. The zero-order valence-corrected chi connectivity index (χ0v) is 9.86. The second-order valence-electron chi connectivity index (χ2n) is 4.77. The third-order valence-corrected chi connectivity index (χ3v) is 3.39. The summed E-state index contributed by atoms with van der Waals surface area (Å²) in [6.07, 6.45) is 2.60. The Morgan fingerprint density at radius 1 is 1.47 bits per heavy atom. The summed E-state index contributed by atoms with van der Waals surface area (Å²) in [4.78, 5) is 12.0. The van der Waals surface area contributed by atoms with E-state index in [1.54, 1.807) is 12.1 Å². The van der Waals surface area contributed by atoms with Gasteiger partial charge in [-0.15, -0.1) is 0 Å². The molecule has 2 rings (SSSR count). The number of hydrogen-bond acceptors (Lipinski definition) is 3. The Hall–Kier alpha value is -1.55. The molecule has 0 atom stereocenters. The predicted molar refractivity (Wildman–Crippen MR) is 64.0 cm³/mol. The quantitative estimate of drug-likeness (QED) is 0.740. The standard InChI is InChI=1S/C13H17NO3/c1-9-3-4-11(16)10(7-9)12(17)14-13(8-15)5-2-6-13/h3-4,7,15-16H,2,5-6,8H2,1H3,(H,14,17). The van der Waals surface area contributed by atoms with Crippen molar-refractivity contribution in [2.75, 3.05) is 6.61 Å². The van der Waals surface area contributed by atoms with Crippen LogP contribution in [0.2, 0.25) is 0 Å². The molecule has 1 aliphatic carbocycles. The summed E-state index contributed by atoms with van der Waals surface area (Å²) in [7, 11) is 0. The molecule has 1 amide bonds. The van der Waals surface area contributed by atoms with Crippen LogP contribution in [0.1, 0.15) is 35.2 Å². The zero-order valence-electron chi connectivity index (χ0n) is 9.86. The fourth-order valence-electron chi connectivity index (χ4n) is 2.07. The summed E-state index contributed by atoms with van der Waals surface area (Å²) in [5.74, 6) is -0.347. The first-order chi connectivity index (χ1) is 8.06. The van der Waals surface area contributed by atoms with Gasteiger partial charge < -0.3 is 15.5 Å². The zero-order chi connectivity index (χ0) is 12.5. The van der Waals surface area contributed by atoms with Crippen LogP contribution in [0.25, 0.3) is 0 Å². The van der Waals surface area contributed by atoms with Gasteiger partial charge in [-0.05, 0) is 38.3 Å². The monoisotopic (exact) mass is 235 g/mol. The SMILES string of the molecule is Cc1ccc(O)c(C(=O)NC2(CO)CCC2)c1. The van der Waals surface area contributed by atoms with Crippen LogP contribution < -0.4 is 5.32 Å². The minimum Gasteiger partial charge on any atom is -0.507 e. The van der Waals surface area contributed by atoms with Crippen LogP contribution in [0.5, 0.6) is 5.75 Å². The van der Waals surface area contributed by atoms with Crippen LogP contribution in [-0.4, -0.2) is 28.3 Å². The van der Waals surface area contributed by atoms with Gasteiger partial charge in [0, 0.05) is 0 Å². The van der Waals surface area contributed by atoms with E-state index in [9.17, 15) is 15.0 Å². The number of rotatable bonds is 3. The van der Waals surface area contributed by atoms with Crippen molar-refractivity contribution in [3.05, 3.63) is 29.3 Å². The lowest BCUT2D eigenvalue weighted by Crippen LogP contribution is -2.56. The summed E-state index contributed by atoms with van der Waals surface area (Å²) >= 11 is 0. The summed E-state index contributed by atoms with van der Waals surface area (Å²) < 4.78 is 0. The summed E-state index contributed by atoms with van der Waals surface area (Å²) in [6, 6.07) is 4.91. The lowest BCUT2D eigenvalue weighted by molar-refractivity contribution is 0.0639. The third kappa shape index (κ3) is 2.26. The Morgan fingerprint density at radius 3 is 2.71 bits per heavy atom. The van der Waals surface area contributed by atoms with Crippen LogP contribution in [0, 0.1) is 6.92 Å². The van der Waals surface area contributed by atoms with Crippen molar-refractivity contribution in [1.29, 1.82) is 0 Å². The number of carbonyl (C=O) groups excluding carboxylic acids is 1. The lowest BCUT2D eigenvalue weighted by Gasteiger charge is -2.41. The molecule has 0 aliphatic heterocycles. The van der Waals surface area contributed by atoms with Crippen molar-refractivity contribution < 1.29 is 15.0 Å². The van der Waals surface area contributed by atoms with E-state index in [2.05, 4.69) is 5.32 Å². The molecule has 1 saturated carbocycles. The first kappa shape index (κ1) is 11.9. The highest BCUT2D eigenvalue weighted by atomic mass is 16.3. The Bertz CT molecular complexity index is 433. The maximum absolute atomic E-state index is 12.0. The van der Waals surface area contributed by atoms with E-state index in [1.807, 2.05) is 6.92 Å². The number of aliphatic hydroxyl groups is 1. The van der Waals surface area contributed by atoms with Gasteiger partial charge in [-0.2, -0.15) is 0 Å². The highest BCUT2D eigenvalue weighted by Gasteiger charge is 2.38. The molecule has 1 fully saturated rings. The molecule has 4 heteroatoms. The second kappa shape index (κ2) is 4.37. The van der Waals surface area contributed by atoms with Crippen molar-refractivity contribution in [3.8, 4) is 5.75 Å². The fourth-order valence-corrected chi connectivity index (χ4v) is 2.07. The van der Waals surface area contributed by atoms with Crippen LogP contribution in [0.3, 0.4) is 0 Å². The average molecular weight is 235 g/mol. The highest BCUT2D eigenvalue weighted by Crippen LogP contribution is 2.32. The molecule has 17 heavy (non-hydrogen) atoms. The number of benzene rings is 1. The van der Waals surface area contributed by atoms with Crippen molar-refractivity contribution in [2.45, 2.75) is 31.7 Å². The van der Waals surface area contributed by atoms with Gasteiger partial charge in [0.05, 0.1) is 17.7 Å². The Labute approximate surface area is 100 Å². The van der Waals surface area contributed by atoms with Gasteiger partial charge in [0.2, 0.25) is 0 Å². The Morgan fingerprint density at radius 2 is 2.18 bits per heavy atom. The minimum absolute atomic E-state index is 0.0273. The number of phenols is 1. The maximum Gasteiger partial charge on any atom is 0.255 e. The second-order valence-corrected chi connectivity index (χ2v) is 4.77. The first-order valence-electron chi connectivity index (χ1n) is 5.79. The number of amides is 1. The Kier molecular flexibility index (Phi) is 3.07. The molecule has 92 valence electrons. The van der Waals surface area contributed by atoms with E-state index in [0.29, 0.717) is 0 Å². The van der Waals surface area contributed by atoms with Gasteiger partial charge in [-0.25, -0.2) is 0 Å². The van der Waals surface area contributed by atoms with Crippen molar-refractivity contribution in [1.82, 2.24) is 5.32 Å². The molecule has 0 radical (unpaired) electrons. The molecule has 0 unspecified atom stereocenters. The lowest BCUT2D eigenvalue weighted by atomic mass is 9.77. The molecule has 0 heterocycles. The third-order valence-electron chi connectivity index (χ3n) is 3.39. The van der Waals surface area contributed by atoms with Gasteiger partial charge >= 0.3 is 0 Å². The maximum atomic E-state index is 12.0. The molecule has 0 bridgehead atoms.